The summed E-state index contributed by atoms with van der Waals surface area (Å²) in [6, 6.07) is 6.12. The van der Waals surface area contributed by atoms with E-state index in [0.29, 0.717) is 5.92 Å². The molecule has 1 saturated heterocycles. The second-order valence-corrected chi connectivity index (χ2v) is 5.53. The Balaban J connectivity index is 1.87. The van der Waals surface area contributed by atoms with Gasteiger partial charge in [0.05, 0.1) is 0 Å². The van der Waals surface area contributed by atoms with Gasteiger partial charge in [0, 0.05) is 61.3 Å². The SMILES string of the molecule is CN(CC1CCOCC1)c1ccc(N)c2cnccc12. The first kappa shape index (κ1) is 13.2. The summed E-state index contributed by atoms with van der Waals surface area (Å²) in [5.41, 5.74) is 8.05. The fourth-order valence-electron chi connectivity index (χ4n) is 2.94. The van der Waals surface area contributed by atoms with Crippen molar-refractivity contribution >= 4 is 22.1 Å². The van der Waals surface area contributed by atoms with Crippen LogP contribution in [0.25, 0.3) is 10.8 Å². The first-order valence-electron chi connectivity index (χ1n) is 7.17. The summed E-state index contributed by atoms with van der Waals surface area (Å²) in [4.78, 5) is 6.51. The second kappa shape index (κ2) is 5.67. The van der Waals surface area contributed by atoms with Crippen molar-refractivity contribution in [1.29, 1.82) is 0 Å². The topological polar surface area (TPSA) is 51.4 Å². The number of nitrogens with two attached hydrogens (primary N) is 1. The molecule has 0 atom stereocenters. The minimum Gasteiger partial charge on any atom is -0.398 e. The summed E-state index contributed by atoms with van der Waals surface area (Å²) in [6.45, 7) is 2.85. The monoisotopic (exact) mass is 271 g/mol. The Bertz CT molecular complexity index is 593. The molecular formula is C16H21N3O. The molecule has 1 aliphatic heterocycles. The van der Waals surface area contributed by atoms with Crippen molar-refractivity contribution in [1.82, 2.24) is 4.98 Å². The van der Waals surface area contributed by atoms with Gasteiger partial charge in [-0.2, -0.15) is 0 Å². The molecule has 0 spiro atoms. The lowest BCUT2D eigenvalue weighted by molar-refractivity contribution is 0.0685. The summed E-state index contributed by atoms with van der Waals surface area (Å²) in [5.74, 6) is 0.711. The highest BCUT2D eigenvalue weighted by Gasteiger charge is 2.17. The third-order valence-electron chi connectivity index (χ3n) is 4.11. The zero-order valence-corrected chi connectivity index (χ0v) is 11.9. The molecule has 0 aliphatic carbocycles. The summed E-state index contributed by atoms with van der Waals surface area (Å²) < 4.78 is 5.43. The molecular weight excluding hydrogens is 250 g/mol. The fraction of sp³-hybridized carbons (Fsp3) is 0.438. The first-order valence-corrected chi connectivity index (χ1v) is 7.17. The number of aromatic nitrogens is 1. The lowest BCUT2D eigenvalue weighted by Gasteiger charge is -2.29. The molecule has 0 amide bonds. The van der Waals surface area contributed by atoms with Crippen molar-refractivity contribution in [3.63, 3.8) is 0 Å². The average molecular weight is 271 g/mol. The standard InChI is InChI=1S/C16H21N3O/c1-19(11-12-5-8-20-9-6-12)16-3-2-15(17)14-10-18-7-4-13(14)16/h2-4,7,10,12H,5-6,8-9,11,17H2,1H3. The fourth-order valence-corrected chi connectivity index (χ4v) is 2.94. The highest BCUT2D eigenvalue weighted by Crippen LogP contribution is 2.30. The van der Waals surface area contributed by atoms with E-state index in [2.05, 4.69) is 23.0 Å². The minimum absolute atomic E-state index is 0.711. The molecule has 2 N–H and O–H groups in total. The van der Waals surface area contributed by atoms with Gasteiger partial charge in [-0.3, -0.25) is 4.98 Å². The van der Waals surface area contributed by atoms with Crippen molar-refractivity contribution in [2.24, 2.45) is 5.92 Å². The van der Waals surface area contributed by atoms with E-state index < -0.39 is 0 Å². The van der Waals surface area contributed by atoms with Gasteiger partial charge in [-0.1, -0.05) is 0 Å². The summed E-state index contributed by atoms with van der Waals surface area (Å²) in [6.07, 6.45) is 5.97. The number of hydrogen-bond acceptors (Lipinski definition) is 4. The van der Waals surface area contributed by atoms with E-state index in [1.807, 2.05) is 24.5 Å². The zero-order chi connectivity index (χ0) is 13.9. The van der Waals surface area contributed by atoms with Crippen LogP contribution in [0.5, 0.6) is 0 Å². The van der Waals surface area contributed by atoms with Crippen molar-refractivity contribution in [2.45, 2.75) is 12.8 Å². The Morgan fingerprint density at radius 3 is 2.85 bits per heavy atom. The van der Waals surface area contributed by atoms with Gasteiger partial charge in [0.2, 0.25) is 0 Å². The molecule has 1 aromatic heterocycles. The highest BCUT2D eigenvalue weighted by atomic mass is 16.5. The van der Waals surface area contributed by atoms with E-state index in [1.165, 1.54) is 11.1 Å². The summed E-state index contributed by atoms with van der Waals surface area (Å²) in [5, 5.41) is 2.21. The number of nitrogens with zero attached hydrogens (tertiary/aromatic N) is 2. The van der Waals surface area contributed by atoms with E-state index >= 15 is 0 Å². The third-order valence-corrected chi connectivity index (χ3v) is 4.11. The molecule has 1 aromatic carbocycles. The zero-order valence-electron chi connectivity index (χ0n) is 11.9. The number of ether oxygens (including phenoxy) is 1. The van der Waals surface area contributed by atoms with Crippen LogP contribution in [0.1, 0.15) is 12.8 Å². The van der Waals surface area contributed by atoms with Gasteiger partial charge in [0.25, 0.3) is 0 Å². The maximum Gasteiger partial charge on any atom is 0.0469 e. The first-order chi connectivity index (χ1) is 9.75. The third kappa shape index (κ3) is 2.56. The average Bonchev–Trinajstić information content (AvgIpc) is 2.49. The van der Waals surface area contributed by atoms with Gasteiger partial charge >= 0.3 is 0 Å². The van der Waals surface area contributed by atoms with E-state index in [-0.39, 0.29) is 0 Å². The van der Waals surface area contributed by atoms with Crippen LogP contribution in [0.15, 0.2) is 30.6 Å². The number of fused-ring (bicyclic) bond motifs is 1. The molecule has 2 heterocycles. The molecule has 4 heteroatoms. The van der Waals surface area contributed by atoms with Crippen molar-refractivity contribution in [3.8, 4) is 0 Å². The lowest BCUT2D eigenvalue weighted by Crippen LogP contribution is -2.29. The molecule has 0 radical (unpaired) electrons. The van der Waals surface area contributed by atoms with Crippen molar-refractivity contribution in [2.75, 3.05) is 37.4 Å². The van der Waals surface area contributed by atoms with E-state index in [0.717, 1.165) is 43.7 Å². The Kier molecular flexibility index (Phi) is 3.74. The molecule has 2 aromatic rings. The Labute approximate surface area is 119 Å². The van der Waals surface area contributed by atoms with Crippen LogP contribution >= 0.6 is 0 Å². The molecule has 0 unspecified atom stereocenters. The van der Waals surface area contributed by atoms with Gasteiger partial charge in [-0.05, 0) is 37.0 Å². The number of benzene rings is 1. The molecule has 3 rings (SSSR count). The molecule has 1 aliphatic rings. The number of rotatable bonds is 3. The van der Waals surface area contributed by atoms with Gasteiger partial charge < -0.3 is 15.4 Å². The van der Waals surface area contributed by atoms with E-state index in [9.17, 15) is 0 Å². The van der Waals surface area contributed by atoms with Crippen LogP contribution in [0, 0.1) is 5.92 Å². The second-order valence-electron chi connectivity index (χ2n) is 5.53. The predicted octanol–water partition coefficient (Wildman–Crippen LogP) is 2.68. The molecule has 106 valence electrons. The summed E-state index contributed by atoms with van der Waals surface area (Å²) >= 11 is 0. The minimum atomic E-state index is 0.711. The van der Waals surface area contributed by atoms with Crippen LogP contribution in [0.3, 0.4) is 0 Å². The molecule has 1 fully saturated rings. The highest BCUT2D eigenvalue weighted by molar-refractivity contribution is 6.00. The number of anilines is 2. The van der Waals surface area contributed by atoms with E-state index in [4.69, 9.17) is 10.5 Å². The van der Waals surface area contributed by atoms with Crippen molar-refractivity contribution < 1.29 is 4.74 Å². The van der Waals surface area contributed by atoms with Gasteiger partial charge in [-0.15, -0.1) is 0 Å². The van der Waals surface area contributed by atoms with Crippen LogP contribution < -0.4 is 10.6 Å². The molecule has 0 saturated carbocycles. The lowest BCUT2D eigenvalue weighted by atomic mass is 9.99. The Morgan fingerprint density at radius 2 is 2.05 bits per heavy atom. The summed E-state index contributed by atoms with van der Waals surface area (Å²) in [7, 11) is 2.15. The van der Waals surface area contributed by atoms with Gasteiger partial charge in [0.1, 0.15) is 0 Å². The molecule has 20 heavy (non-hydrogen) atoms. The Hall–Kier alpha value is -1.81. The number of hydrogen-bond donors (Lipinski definition) is 1. The predicted molar refractivity (Wildman–Crippen MR) is 83.0 cm³/mol. The van der Waals surface area contributed by atoms with Gasteiger partial charge in [0.15, 0.2) is 0 Å². The van der Waals surface area contributed by atoms with Crippen LogP contribution in [-0.4, -0.2) is 31.8 Å². The number of pyridine rings is 1. The number of nitrogen functional groups attached to an aromatic ring is 1. The van der Waals surface area contributed by atoms with Crippen LogP contribution in [0.2, 0.25) is 0 Å². The molecule has 0 bridgehead atoms. The quantitative estimate of drug-likeness (QED) is 0.872. The van der Waals surface area contributed by atoms with Gasteiger partial charge in [-0.25, -0.2) is 0 Å². The normalized spacial score (nSPS) is 16.4. The van der Waals surface area contributed by atoms with Crippen LogP contribution in [0.4, 0.5) is 11.4 Å². The smallest absolute Gasteiger partial charge is 0.0469 e. The molecule has 4 nitrogen and oxygen atoms in total. The maximum absolute atomic E-state index is 6.03. The largest absolute Gasteiger partial charge is 0.398 e. The maximum atomic E-state index is 6.03. The van der Waals surface area contributed by atoms with E-state index in [1.54, 1.807) is 0 Å². The van der Waals surface area contributed by atoms with Crippen molar-refractivity contribution in [3.05, 3.63) is 30.6 Å². The Morgan fingerprint density at radius 1 is 1.25 bits per heavy atom. The van der Waals surface area contributed by atoms with Crippen LogP contribution in [-0.2, 0) is 4.74 Å².